The molecule has 19 heavy (non-hydrogen) atoms. The van der Waals surface area contributed by atoms with Gasteiger partial charge in [-0.1, -0.05) is 6.07 Å². The van der Waals surface area contributed by atoms with Crippen molar-refractivity contribution < 1.29 is 17.6 Å². The summed E-state index contributed by atoms with van der Waals surface area (Å²) in [5.74, 6) is -1.40. The maximum Gasteiger partial charge on any atom is 0.419 e. The molecule has 1 N–H and O–H groups in total. The largest absolute Gasteiger partial charge is 0.419 e. The van der Waals surface area contributed by atoms with Gasteiger partial charge in [-0.15, -0.1) is 0 Å². The molecule has 1 heterocycles. The molecule has 2 aromatic rings. The third kappa shape index (κ3) is 2.49. The van der Waals surface area contributed by atoms with Crippen LogP contribution in [-0.2, 0) is 6.18 Å². The summed E-state index contributed by atoms with van der Waals surface area (Å²) >= 11 is 0. The average molecular weight is 272 g/mol. The fourth-order valence-electron chi connectivity index (χ4n) is 1.65. The molecule has 0 aliphatic rings. The van der Waals surface area contributed by atoms with Gasteiger partial charge in [0.05, 0.1) is 17.6 Å². The number of hydrogen-bond donors (Lipinski definition) is 1. The van der Waals surface area contributed by atoms with Crippen LogP contribution < -0.4 is 5.56 Å². The van der Waals surface area contributed by atoms with Gasteiger partial charge in [-0.2, -0.15) is 13.2 Å². The molecule has 0 fully saturated rings. The van der Waals surface area contributed by atoms with Gasteiger partial charge in [0.2, 0.25) is 0 Å². The van der Waals surface area contributed by atoms with Crippen molar-refractivity contribution in [2.75, 3.05) is 0 Å². The van der Waals surface area contributed by atoms with E-state index >= 15 is 0 Å². The summed E-state index contributed by atoms with van der Waals surface area (Å²) in [4.78, 5) is 17.5. The zero-order valence-corrected chi connectivity index (χ0v) is 9.68. The fraction of sp³-hybridized carbons (Fsp3) is 0.167. The van der Waals surface area contributed by atoms with Crippen molar-refractivity contribution in [3.63, 3.8) is 0 Å². The first-order valence-corrected chi connectivity index (χ1v) is 5.22. The van der Waals surface area contributed by atoms with Crippen LogP contribution in [0.25, 0.3) is 11.3 Å². The van der Waals surface area contributed by atoms with E-state index in [1.54, 1.807) is 0 Å². The maximum atomic E-state index is 13.4. The topological polar surface area (TPSA) is 45.8 Å². The van der Waals surface area contributed by atoms with Gasteiger partial charge in [-0.3, -0.25) is 4.79 Å². The molecule has 1 aromatic heterocycles. The van der Waals surface area contributed by atoms with Gasteiger partial charge in [0.25, 0.3) is 5.56 Å². The predicted molar refractivity (Wildman–Crippen MR) is 60.0 cm³/mol. The molecule has 0 aliphatic carbocycles. The van der Waals surface area contributed by atoms with Gasteiger partial charge in [0.1, 0.15) is 5.82 Å². The highest BCUT2D eigenvalue weighted by molar-refractivity contribution is 5.62. The number of aromatic amines is 1. The van der Waals surface area contributed by atoms with Crippen LogP contribution in [0.4, 0.5) is 17.6 Å². The molecule has 0 saturated heterocycles. The van der Waals surface area contributed by atoms with Crippen molar-refractivity contribution in [2.45, 2.75) is 13.1 Å². The van der Waals surface area contributed by atoms with Crippen molar-refractivity contribution in [1.82, 2.24) is 9.97 Å². The quantitative estimate of drug-likeness (QED) is 0.811. The van der Waals surface area contributed by atoms with E-state index in [0.29, 0.717) is 6.07 Å². The predicted octanol–water partition coefficient (Wildman–Crippen LogP) is 2.90. The third-order valence-electron chi connectivity index (χ3n) is 2.63. The molecule has 0 atom stereocenters. The smallest absolute Gasteiger partial charge is 0.313 e. The number of alkyl halides is 3. The molecular weight excluding hydrogens is 264 g/mol. The van der Waals surface area contributed by atoms with Crippen molar-refractivity contribution in [3.8, 4) is 11.3 Å². The summed E-state index contributed by atoms with van der Waals surface area (Å²) < 4.78 is 50.7. The summed E-state index contributed by atoms with van der Waals surface area (Å²) in [7, 11) is 0. The zero-order chi connectivity index (χ0) is 14.2. The standard InChI is InChI=1S/C12H8F4N2O/c1-6-10(17-5-18-11(6)19)7-2-3-8(9(13)4-7)12(14,15)16/h2-5H,1H3,(H,17,18,19). The number of nitrogens with one attached hydrogen (secondary N) is 1. The molecule has 0 aliphatic heterocycles. The molecule has 0 saturated carbocycles. The molecule has 0 unspecified atom stereocenters. The van der Waals surface area contributed by atoms with Crippen LogP contribution in [0.1, 0.15) is 11.1 Å². The van der Waals surface area contributed by atoms with Gasteiger partial charge in [-0.05, 0) is 19.1 Å². The number of H-pyrrole nitrogens is 1. The number of nitrogens with zero attached hydrogens (tertiary/aromatic N) is 1. The lowest BCUT2D eigenvalue weighted by Crippen LogP contribution is -2.12. The lowest BCUT2D eigenvalue weighted by atomic mass is 10.0. The van der Waals surface area contributed by atoms with Crippen LogP contribution in [0.15, 0.2) is 29.3 Å². The van der Waals surface area contributed by atoms with Gasteiger partial charge >= 0.3 is 6.18 Å². The van der Waals surface area contributed by atoms with E-state index in [9.17, 15) is 22.4 Å². The summed E-state index contributed by atoms with van der Waals surface area (Å²) in [6, 6.07) is 2.44. The Morgan fingerprint density at radius 1 is 1.26 bits per heavy atom. The second-order valence-corrected chi connectivity index (χ2v) is 3.90. The highest BCUT2D eigenvalue weighted by Gasteiger charge is 2.34. The molecule has 7 heteroatoms. The molecule has 0 amide bonds. The number of rotatable bonds is 1. The number of hydrogen-bond acceptors (Lipinski definition) is 2. The molecule has 100 valence electrons. The van der Waals surface area contributed by atoms with E-state index in [1.165, 1.54) is 6.92 Å². The molecule has 2 rings (SSSR count). The Bertz CT molecular complexity index is 676. The Labute approximate surface area is 104 Å². The third-order valence-corrected chi connectivity index (χ3v) is 2.63. The monoisotopic (exact) mass is 272 g/mol. The second-order valence-electron chi connectivity index (χ2n) is 3.90. The lowest BCUT2D eigenvalue weighted by molar-refractivity contribution is -0.139. The fourth-order valence-corrected chi connectivity index (χ4v) is 1.65. The molecule has 3 nitrogen and oxygen atoms in total. The highest BCUT2D eigenvalue weighted by atomic mass is 19.4. The Balaban J connectivity index is 2.57. The second kappa shape index (κ2) is 4.49. The first-order valence-electron chi connectivity index (χ1n) is 5.22. The summed E-state index contributed by atoms with van der Waals surface area (Å²) in [6.45, 7) is 1.46. The summed E-state index contributed by atoms with van der Waals surface area (Å²) in [5.41, 5.74) is -1.30. The average Bonchev–Trinajstić information content (AvgIpc) is 2.31. The Morgan fingerprint density at radius 3 is 2.53 bits per heavy atom. The molecule has 0 spiro atoms. The Kier molecular flexibility index (Phi) is 3.13. The van der Waals surface area contributed by atoms with E-state index in [1.807, 2.05) is 0 Å². The van der Waals surface area contributed by atoms with Gasteiger partial charge < -0.3 is 4.98 Å². The summed E-state index contributed by atoms with van der Waals surface area (Å²) in [6.07, 6.45) is -3.64. The minimum atomic E-state index is -4.75. The highest BCUT2D eigenvalue weighted by Crippen LogP contribution is 2.33. The van der Waals surface area contributed by atoms with E-state index in [4.69, 9.17) is 0 Å². The maximum absolute atomic E-state index is 13.4. The summed E-state index contributed by atoms with van der Waals surface area (Å²) in [5, 5.41) is 0. The molecule has 0 bridgehead atoms. The Hall–Kier alpha value is -2.18. The molecule has 0 radical (unpaired) electrons. The van der Waals surface area contributed by atoms with Crippen molar-refractivity contribution in [2.24, 2.45) is 0 Å². The van der Waals surface area contributed by atoms with Crippen LogP contribution in [0.2, 0.25) is 0 Å². The minimum absolute atomic E-state index is 0.120. The molecule has 1 aromatic carbocycles. The first-order chi connectivity index (χ1) is 8.80. The van der Waals surface area contributed by atoms with Crippen molar-refractivity contribution in [1.29, 1.82) is 0 Å². The number of halogens is 4. The van der Waals surface area contributed by atoms with E-state index < -0.39 is 23.1 Å². The van der Waals surface area contributed by atoms with Crippen LogP contribution in [0.5, 0.6) is 0 Å². The van der Waals surface area contributed by atoms with Crippen molar-refractivity contribution >= 4 is 0 Å². The van der Waals surface area contributed by atoms with Crippen LogP contribution in [0, 0.1) is 12.7 Å². The van der Waals surface area contributed by atoms with Crippen LogP contribution in [0.3, 0.4) is 0 Å². The lowest BCUT2D eigenvalue weighted by Gasteiger charge is -2.09. The van der Waals surface area contributed by atoms with E-state index in [-0.39, 0.29) is 16.8 Å². The van der Waals surface area contributed by atoms with Gasteiger partial charge in [0, 0.05) is 11.1 Å². The van der Waals surface area contributed by atoms with E-state index in [0.717, 1.165) is 18.5 Å². The van der Waals surface area contributed by atoms with Crippen LogP contribution >= 0.6 is 0 Å². The van der Waals surface area contributed by atoms with Crippen LogP contribution in [-0.4, -0.2) is 9.97 Å². The normalized spacial score (nSPS) is 11.6. The minimum Gasteiger partial charge on any atom is -0.313 e. The van der Waals surface area contributed by atoms with Gasteiger partial charge in [-0.25, -0.2) is 9.37 Å². The molecular formula is C12H8F4N2O. The van der Waals surface area contributed by atoms with E-state index in [2.05, 4.69) is 9.97 Å². The van der Waals surface area contributed by atoms with Crippen molar-refractivity contribution in [3.05, 3.63) is 51.8 Å². The van der Waals surface area contributed by atoms with Gasteiger partial charge in [0.15, 0.2) is 0 Å². The number of benzene rings is 1. The SMILES string of the molecule is Cc1c(-c2ccc(C(F)(F)F)c(F)c2)nc[nH]c1=O. The zero-order valence-electron chi connectivity index (χ0n) is 9.68. The number of aromatic nitrogens is 2. The first kappa shape index (κ1) is 13.3. The Morgan fingerprint density at radius 2 is 1.95 bits per heavy atom.